The quantitative estimate of drug-likeness (QED) is 0.502. The maximum absolute atomic E-state index is 13.8. The molecule has 0 bridgehead atoms. The molecule has 2 aromatic carbocycles. The summed E-state index contributed by atoms with van der Waals surface area (Å²) in [5.74, 6) is 0.188. The molecule has 1 heterocycles. The first-order chi connectivity index (χ1) is 9.97. The summed E-state index contributed by atoms with van der Waals surface area (Å²) >= 11 is 15.4. The zero-order valence-corrected chi connectivity index (χ0v) is 14.0. The van der Waals surface area contributed by atoms with Crippen LogP contribution >= 0.6 is 39.1 Å². The van der Waals surface area contributed by atoms with Gasteiger partial charge in [-0.2, -0.15) is 0 Å². The van der Waals surface area contributed by atoms with E-state index >= 15 is 0 Å². The van der Waals surface area contributed by atoms with Crippen LogP contribution in [-0.4, -0.2) is 9.55 Å². The predicted molar refractivity (Wildman–Crippen MR) is 88.0 cm³/mol. The molecule has 21 heavy (non-hydrogen) atoms. The highest BCUT2D eigenvalue weighted by molar-refractivity contribution is 9.10. The monoisotopic (exact) mass is 386 g/mol. The molecular formula is C15H10BrCl2FN2. The number of hydrogen-bond donors (Lipinski definition) is 0. The molecule has 0 N–H and O–H groups in total. The number of alkyl halides is 1. The van der Waals surface area contributed by atoms with E-state index < -0.39 is 5.82 Å². The maximum atomic E-state index is 13.8. The van der Waals surface area contributed by atoms with Crippen molar-refractivity contribution in [2.45, 2.75) is 12.3 Å². The molecule has 0 aliphatic carbocycles. The maximum Gasteiger partial charge on any atom is 0.143 e. The molecule has 1 unspecified atom stereocenters. The third-order valence-electron chi connectivity index (χ3n) is 3.16. The Morgan fingerprint density at radius 2 is 2.00 bits per heavy atom. The zero-order chi connectivity index (χ0) is 15.1. The Kier molecular flexibility index (Phi) is 3.95. The van der Waals surface area contributed by atoms with Gasteiger partial charge in [0.05, 0.1) is 27.1 Å². The average Bonchev–Trinajstić information content (AvgIpc) is 2.80. The first-order valence-corrected chi connectivity index (χ1v) is 7.85. The molecule has 1 aromatic heterocycles. The Morgan fingerprint density at radius 1 is 1.24 bits per heavy atom. The lowest BCUT2D eigenvalue weighted by Crippen LogP contribution is -2.02. The number of aromatic nitrogens is 2. The van der Waals surface area contributed by atoms with E-state index in [4.69, 9.17) is 23.2 Å². The molecule has 2 nitrogen and oxygen atoms in total. The van der Waals surface area contributed by atoms with E-state index in [1.807, 2.05) is 29.7 Å². The summed E-state index contributed by atoms with van der Waals surface area (Å²) in [4.78, 5) is 4.55. The SMILES string of the molecule is CC(Cl)c1nc2cc(Br)ccc2n1-c1ccc(Cl)c(F)c1. The van der Waals surface area contributed by atoms with Gasteiger partial charge in [-0.25, -0.2) is 9.37 Å². The minimum Gasteiger partial charge on any atom is -0.295 e. The molecule has 0 spiro atoms. The Labute approximate surface area is 139 Å². The summed E-state index contributed by atoms with van der Waals surface area (Å²) in [5, 5.41) is -0.221. The van der Waals surface area contributed by atoms with Crippen LogP contribution in [0.2, 0.25) is 5.02 Å². The number of imidazole rings is 1. The smallest absolute Gasteiger partial charge is 0.143 e. The van der Waals surface area contributed by atoms with Crippen molar-refractivity contribution in [1.82, 2.24) is 9.55 Å². The largest absolute Gasteiger partial charge is 0.295 e. The van der Waals surface area contributed by atoms with Gasteiger partial charge in [0.2, 0.25) is 0 Å². The number of fused-ring (bicyclic) bond motifs is 1. The standard InChI is InChI=1S/C15H10BrCl2FN2/c1-8(17)15-20-13-6-9(16)2-5-14(13)21(15)10-3-4-11(18)12(19)7-10/h2-8H,1H3. The van der Waals surface area contributed by atoms with Crippen LogP contribution in [0.4, 0.5) is 4.39 Å². The molecule has 0 radical (unpaired) electrons. The second-order valence-electron chi connectivity index (χ2n) is 4.65. The van der Waals surface area contributed by atoms with E-state index in [0.717, 1.165) is 15.5 Å². The minimum atomic E-state index is -0.471. The molecule has 0 amide bonds. The lowest BCUT2D eigenvalue weighted by Gasteiger charge is -2.11. The van der Waals surface area contributed by atoms with Gasteiger partial charge in [-0.1, -0.05) is 27.5 Å². The normalized spacial score (nSPS) is 12.8. The first-order valence-electron chi connectivity index (χ1n) is 6.25. The van der Waals surface area contributed by atoms with Crippen molar-refractivity contribution in [2.75, 3.05) is 0 Å². The number of nitrogens with zero attached hydrogens (tertiary/aromatic N) is 2. The van der Waals surface area contributed by atoms with E-state index in [2.05, 4.69) is 20.9 Å². The van der Waals surface area contributed by atoms with Crippen molar-refractivity contribution < 1.29 is 4.39 Å². The Hall–Kier alpha value is -1.10. The van der Waals surface area contributed by atoms with Gasteiger partial charge < -0.3 is 0 Å². The lowest BCUT2D eigenvalue weighted by atomic mass is 10.2. The van der Waals surface area contributed by atoms with Crippen LogP contribution < -0.4 is 0 Å². The van der Waals surface area contributed by atoms with Crippen molar-refractivity contribution in [3.63, 3.8) is 0 Å². The molecule has 3 rings (SSSR count). The third-order valence-corrected chi connectivity index (χ3v) is 4.15. The van der Waals surface area contributed by atoms with Gasteiger partial charge in [-0.05, 0) is 43.3 Å². The summed E-state index contributed by atoms with van der Waals surface area (Å²) in [6, 6.07) is 10.4. The number of halogens is 4. The van der Waals surface area contributed by atoms with Crippen LogP contribution in [0.3, 0.4) is 0 Å². The molecule has 6 heteroatoms. The molecule has 0 aliphatic rings. The highest BCUT2D eigenvalue weighted by Crippen LogP contribution is 2.30. The van der Waals surface area contributed by atoms with Crippen LogP contribution in [0.1, 0.15) is 18.1 Å². The number of rotatable bonds is 2. The van der Waals surface area contributed by atoms with Crippen molar-refractivity contribution in [3.05, 3.63) is 57.5 Å². The highest BCUT2D eigenvalue weighted by Gasteiger charge is 2.17. The average molecular weight is 388 g/mol. The molecule has 108 valence electrons. The molecule has 0 saturated carbocycles. The van der Waals surface area contributed by atoms with Gasteiger partial charge in [-0.15, -0.1) is 11.6 Å². The second kappa shape index (κ2) is 5.59. The fourth-order valence-corrected chi connectivity index (χ4v) is 2.85. The second-order valence-corrected chi connectivity index (χ2v) is 6.63. The Morgan fingerprint density at radius 3 is 2.67 bits per heavy atom. The van der Waals surface area contributed by atoms with Crippen LogP contribution in [0.25, 0.3) is 16.7 Å². The minimum absolute atomic E-state index is 0.0892. The van der Waals surface area contributed by atoms with Gasteiger partial charge in [0, 0.05) is 4.47 Å². The topological polar surface area (TPSA) is 17.8 Å². The summed E-state index contributed by atoms with van der Waals surface area (Å²) in [7, 11) is 0. The van der Waals surface area contributed by atoms with E-state index in [1.165, 1.54) is 12.1 Å². The molecular weight excluding hydrogens is 378 g/mol. The molecule has 1 atom stereocenters. The molecule has 0 fully saturated rings. The van der Waals surface area contributed by atoms with Gasteiger partial charge in [0.15, 0.2) is 0 Å². The summed E-state index contributed by atoms with van der Waals surface area (Å²) in [6.07, 6.45) is 0. The molecule has 0 saturated heterocycles. The zero-order valence-electron chi connectivity index (χ0n) is 10.9. The van der Waals surface area contributed by atoms with E-state index in [-0.39, 0.29) is 10.4 Å². The molecule has 0 aliphatic heterocycles. The summed E-state index contributed by atoms with van der Waals surface area (Å²) in [6.45, 7) is 1.83. The first kappa shape index (κ1) is 14.8. The highest BCUT2D eigenvalue weighted by atomic mass is 79.9. The lowest BCUT2D eigenvalue weighted by molar-refractivity contribution is 0.627. The van der Waals surface area contributed by atoms with Crippen molar-refractivity contribution in [2.24, 2.45) is 0 Å². The van der Waals surface area contributed by atoms with Gasteiger partial charge in [0.25, 0.3) is 0 Å². The Balaban J connectivity index is 2.33. The van der Waals surface area contributed by atoms with Gasteiger partial charge in [0.1, 0.15) is 11.6 Å². The van der Waals surface area contributed by atoms with Gasteiger partial charge >= 0.3 is 0 Å². The molecule has 3 aromatic rings. The predicted octanol–water partition coefficient (Wildman–Crippen LogP) is 5.88. The van der Waals surface area contributed by atoms with Crippen LogP contribution in [0.15, 0.2) is 40.9 Å². The van der Waals surface area contributed by atoms with Crippen LogP contribution in [0.5, 0.6) is 0 Å². The van der Waals surface area contributed by atoms with E-state index in [1.54, 1.807) is 6.07 Å². The fourth-order valence-electron chi connectivity index (χ4n) is 2.23. The van der Waals surface area contributed by atoms with Crippen molar-refractivity contribution >= 4 is 50.2 Å². The third kappa shape index (κ3) is 2.68. The van der Waals surface area contributed by atoms with Crippen LogP contribution in [0, 0.1) is 5.82 Å². The van der Waals surface area contributed by atoms with E-state index in [0.29, 0.717) is 11.5 Å². The fraction of sp³-hybridized carbons (Fsp3) is 0.133. The van der Waals surface area contributed by atoms with Gasteiger partial charge in [-0.3, -0.25) is 4.57 Å². The van der Waals surface area contributed by atoms with Crippen molar-refractivity contribution in [1.29, 1.82) is 0 Å². The summed E-state index contributed by atoms with van der Waals surface area (Å²) in [5.41, 5.74) is 2.30. The summed E-state index contributed by atoms with van der Waals surface area (Å²) < 4.78 is 16.5. The van der Waals surface area contributed by atoms with Crippen LogP contribution in [-0.2, 0) is 0 Å². The Bertz CT molecular complexity index is 830. The van der Waals surface area contributed by atoms with E-state index in [9.17, 15) is 4.39 Å². The van der Waals surface area contributed by atoms with Crippen molar-refractivity contribution in [3.8, 4) is 5.69 Å². The number of hydrogen-bond acceptors (Lipinski definition) is 1. The number of benzene rings is 2.